The van der Waals surface area contributed by atoms with Gasteiger partial charge in [-0.25, -0.2) is 0 Å². The van der Waals surface area contributed by atoms with Gasteiger partial charge in [-0.1, -0.05) is 54.1 Å². The molecule has 2 N–H and O–H groups in total. The van der Waals surface area contributed by atoms with E-state index in [1.807, 2.05) is 0 Å². The van der Waals surface area contributed by atoms with Crippen molar-refractivity contribution in [2.75, 3.05) is 6.54 Å². The Labute approximate surface area is 182 Å². The van der Waals surface area contributed by atoms with E-state index >= 15 is 0 Å². The van der Waals surface area contributed by atoms with E-state index in [9.17, 15) is 22.8 Å². The molecule has 0 heterocycles. The normalized spacial score (nSPS) is 12.1. The first-order valence-corrected chi connectivity index (χ1v) is 9.67. The van der Waals surface area contributed by atoms with Crippen molar-refractivity contribution in [1.29, 1.82) is 0 Å². The van der Waals surface area contributed by atoms with Gasteiger partial charge in [-0.3, -0.25) is 9.59 Å². The van der Waals surface area contributed by atoms with Crippen LogP contribution in [0.5, 0.6) is 0 Å². The Morgan fingerprint density at radius 2 is 1.42 bits per heavy atom. The van der Waals surface area contributed by atoms with E-state index in [0.29, 0.717) is 21.7 Å². The summed E-state index contributed by atoms with van der Waals surface area (Å²) < 4.78 is 38.6. The second-order valence-electron chi connectivity index (χ2n) is 6.72. The standard InChI is InChI=1S/C23H18ClF3N2O2/c24-19-12-8-17(9-13-19)22(31)28-14-20(30)29-21(15-4-2-1-3-5-15)16-6-10-18(11-7-16)23(25,26)27/h1-13,21H,14H2,(H,28,31)(H,29,30). The predicted octanol–water partition coefficient (Wildman–Crippen LogP) is 4.99. The second kappa shape index (κ2) is 9.66. The van der Waals surface area contributed by atoms with E-state index in [-0.39, 0.29) is 6.54 Å². The summed E-state index contributed by atoms with van der Waals surface area (Å²) in [5.74, 6) is -0.936. The van der Waals surface area contributed by atoms with Crippen molar-refractivity contribution in [2.24, 2.45) is 0 Å². The number of amides is 2. The van der Waals surface area contributed by atoms with E-state index in [2.05, 4.69) is 10.6 Å². The van der Waals surface area contributed by atoms with Crippen LogP contribution in [0, 0.1) is 0 Å². The lowest BCUT2D eigenvalue weighted by Gasteiger charge is -2.21. The molecule has 0 saturated carbocycles. The molecule has 1 atom stereocenters. The molecule has 0 aliphatic rings. The maximum Gasteiger partial charge on any atom is 0.416 e. The summed E-state index contributed by atoms with van der Waals surface area (Å²) in [6, 6.07) is 18.9. The molecule has 0 aliphatic carbocycles. The lowest BCUT2D eigenvalue weighted by molar-refractivity contribution is -0.137. The first-order chi connectivity index (χ1) is 14.7. The summed E-state index contributed by atoms with van der Waals surface area (Å²) in [5, 5.41) is 5.76. The number of hydrogen-bond donors (Lipinski definition) is 2. The van der Waals surface area contributed by atoms with Crippen molar-refractivity contribution in [2.45, 2.75) is 12.2 Å². The van der Waals surface area contributed by atoms with Gasteiger partial charge in [0.15, 0.2) is 0 Å². The van der Waals surface area contributed by atoms with Crippen LogP contribution in [-0.4, -0.2) is 18.4 Å². The smallest absolute Gasteiger partial charge is 0.344 e. The van der Waals surface area contributed by atoms with Crippen LogP contribution in [0.4, 0.5) is 13.2 Å². The molecule has 31 heavy (non-hydrogen) atoms. The quantitative estimate of drug-likeness (QED) is 0.560. The van der Waals surface area contributed by atoms with Crippen molar-refractivity contribution in [1.82, 2.24) is 10.6 Å². The van der Waals surface area contributed by atoms with Crippen LogP contribution in [0.15, 0.2) is 78.9 Å². The van der Waals surface area contributed by atoms with Gasteiger partial charge in [0, 0.05) is 10.6 Å². The highest BCUT2D eigenvalue weighted by Gasteiger charge is 2.30. The van der Waals surface area contributed by atoms with Crippen LogP contribution < -0.4 is 10.6 Å². The van der Waals surface area contributed by atoms with Crippen molar-refractivity contribution in [3.63, 3.8) is 0 Å². The van der Waals surface area contributed by atoms with Crippen molar-refractivity contribution >= 4 is 23.4 Å². The number of halogens is 4. The molecule has 3 aromatic carbocycles. The van der Waals surface area contributed by atoms with Gasteiger partial charge in [0.1, 0.15) is 0 Å². The van der Waals surface area contributed by atoms with Crippen LogP contribution in [0.2, 0.25) is 5.02 Å². The molecule has 1 unspecified atom stereocenters. The molecular weight excluding hydrogens is 429 g/mol. The average molecular weight is 447 g/mol. The maximum atomic E-state index is 12.9. The van der Waals surface area contributed by atoms with Gasteiger partial charge in [-0.05, 0) is 47.5 Å². The molecule has 3 aromatic rings. The topological polar surface area (TPSA) is 58.2 Å². The zero-order chi connectivity index (χ0) is 22.4. The average Bonchev–Trinajstić information content (AvgIpc) is 2.76. The van der Waals surface area contributed by atoms with Gasteiger partial charge >= 0.3 is 6.18 Å². The Bertz CT molecular complexity index is 1040. The van der Waals surface area contributed by atoms with Crippen LogP contribution in [0.3, 0.4) is 0 Å². The molecular formula is C23H18ClF3N2O2. The van der Waals surface area contributed by atoms with E-state index in [4.69, 9.17) is 11.6 Å². The Kier molecular flexibility index (Phi) is 6.97. The summed E-state index contributed by atoms with van der Waals surface area (Å²) in [6.07, 6.45) is -4.45. The first-order valence-electron chi connectivity index (χ1n) is 9.29. The highest BCUT2D eigenvalue weighted by molar-refractivity contribution is 6.30. The minimum Gasteiger partial charge on any atom is -0.344 e. The molecule has 0 aromatic heterocycles. The summed E-state index contributed by atoms with van der Waals surface area (Å²) in [6.45, 7) is -0.300. The molecule has 0 saturated heterocycles. The Balaban J connectivity index is 1.72. The van der Waals surface area contributed by atoms with Crippen LogP contribution in [-0.2, 0) is 11.0 Å². The Morgan fingerprint density at radius 3 is 2.00 bits per heavy atom. The lowest BCUT2D eigenvalue weighted by atomic mass is 9.97. The fourth-order valence-corrected chi connectivity index (χ4v) is 3.07. The van der Waals surface area contributed by atoms with Crippen molar-refractivity contribution < 1.29 is 22.8 Å². The SMILES string of the molecule is O=C(CNC(=O)c1ccc(Cl)cc1)NC(c1ccccc1)c1ccc(C(F)(F)F)cc1. The molecule has 2 amide bonds. The number of rotatable bonds is 6. The zero-order valence-corrected chi connectivity index (χ0v) is 16.9. The fraction of sp³-hybridized carbons (Fsp3) is 0.130. The summed E-state index contributed by atoms with van der Waals surface area (Å²) in [4.78, 5) is 24.7. The number of benzene rings is 3. The number of hydrogen-bond acceptors (Lipinski definition) is 2. The summed E-state index contributed by atoms with van der Waals surface area (Å²) in [5.41, 5.74) is 0.750. The number of carbonyl (C=O) groups excluding carboxylic acids is 2. The number of alkyl halides is 3. The van der Waals surface area contributed by atoms with Gasteiger partial charge in [-0.15, -0.1) is 0 Å². The molecule has 0 radical (unpaired) electrons. The lowest BCUT2D eigenvalue weighted by Crippen LogP contribution is -2.39. The molecule has 0 aliphatic heterocycles. The van der Waals surface area contributed by atoms with Crippen molar-refractivity contribution in [3.8, 4) is 0 Å². The molecule has 0 bridgehead atoms. The molecule has 0 spiro atoms. The second-order valence-corrected chi connectivity index (χ2v) is 7.16. The fourth-order valence-electron chi connectivity index (χ4n) is 2.95. The Morgan fingerprint density at radius 1 is 0.839 bits per heavy atom. The monoisotopic (exact) mass is 446 g/mol. The third-order valence-electron chi connectivity index (χ3n) is 4.53. The third-order valence-corrected chi connectivity index (χ3v) is 4.78. The number of carbonyl (C=O) groups is 2. The molecule has 8 heteroatoms. The van der Waals surface area contributed by atoms with Crippen LogP contribution in [0.25, 0.3) is 0 Å². The van der Waals surface area contributed by atoms with Crippen molar-refractivity contribution in [3.05, 3.63) is 106 Å². The molecule has 160 valence electrons. The van der Waals surface area contributed by atoms with Gasteiger partial charge in [0.2, 0.25) is 5.91 Å². The summed E-state index contributed by atoms with van der Waals surface area (Å²) >= 11 is 5.79. The van der Waals surface area contributed by atoms with Gasteiger partial charge < -0.3 is 10.6 Å². The largest absolute Gasteiger partial charge is 0.416 e. The highest BCUT2D eigenvalue weighted by Crippen LogP contribution is 2.31. The zero-order valence-electron chi connectivity index (χ0n) is 16.1. The van der Waals surface area contributed by atoms with E-state index in [1.54, 1.807) is 42.5 Å². The predicted molar refractivity (Wildman–Crippen MR) is 112 cm³/mol. The third kappa shape index (κ3) is 6.08. The van der Waals surface area contributed by atoms with Gasteiger partial charge in [0.05, 0.1) is 18.2 Å². The minimum atomic E-state index is -4.45. The van der Waals surface area contributed by atoms with E-state index < -0.39 is 29.6 Å². The first kappa shape index (κ1) is 22.4. The van der Waals surface area contributed by atoms with E-state index in [1.165, 1.54) is 24.3 Å². The minimum absolute atomic E-state index is 0.300. The van der Waals surface area contributed by atoms with Gasteiger partial charge in [-0.2, -0.15) is 13.2 Å². The summed E-state index contributed by atoms with van der Waals surface area (Å²) in [7, 11) is 0. The highest BCUT2D eigenvalue weighted by atomic mass is 35.5. The maximum absolute atomic E-state index is 12.9. The van der Waals surface area contributed by atoms with Gasteiger partial charge in [0.25, 0.3) is 5.91 Å². The Hall–Kier alpha value is -3.32. The van der Waals surface area contributed by atoms with Crippen LogP contribution >= 0.6 is 11.6 Å². The molecule has 0 fully saturated rings. The number of nitrogens with one attached hydrogen (secondary N) is 2. The van der Waals surface area contributed by atoms with E-state index in [0.717, 1.165) is 12.1 Å². The molecule has 4 nitrogen and oxygen atoms in total. The van der Waals surface area contributed by atoms with Crippen LogP contribution in [0.1, 0.15) is 33.1 Å². The molecule has 3 rings (SSSR count).